The van der Waals surface area contributed by atoms with Crippen molar-refractivity contribution in [3.8, 4) is 11.5 Å². The van der Waals surface area contributed by atoms with E-state index in [-0.39, 0.29) is 34.7 Å². The van der Waals surface area contributed by atoms with Crippen LogP contribution in [0.5, 0.6) is 11.5 Å². The number of rotatable bonds is 3. The van der Waals surface area contributed by atoms with E-state index >= 15 is 0 Å². The van der Waals surface area contributed by atoms with Gasteiger partial charge in [0, 0.05) is 24.0 Å². The number of hydrogen-bond acceptors (Lipinski definition) is 3. The van der Waals surface area contributed by atoms with Gasteiger partial charge in [-0.15, -0.1) is 0 Å². The third kappa shape index (κ3) is 2.56. The van der Waals surface area contributed by atoms with Crippen LogP contribution in [0.2, 0.25) is 0 Å². The van der Waals surface area contributed by atoms with E-state index in [0.717, 1.165) is 4.48 Å². The third-order valence-electron chi connectivity index (χ3n) is 7.04. The van der Waals surface area contributed by atoms with Gasteiger partial charge in [0.05, 0.1) is 14.1 Å². The Balaban J connectivity index is 1.55. The van der Waals surface area contributed by atoms with Crippen LogP contribution in [0.3, 0.4) is 0 Å². The lowest BCUT2D eigenvalue weighted by Crippen LogP contribution is -2.57. The van der Waals surface area contributed by atoms with E-state index in [0.29, 0.717) is 12.8 Å². The summed E-state index contributed by atoms with van der Waals surface area (Å²) >= 11 is 0. The van der Waals surface area contributed by atoms with Crippen molar-refractivity contribution in [2.45, 2.75) is 42.9 Å². The fourth-order valence-electron chi connectivity index (χ4n) is 5.19. The van der Waals surface area contributed by atoms with E-state index in [1.807, 2.05) is 0 Å². The summed E-state index contributed by atoms with van der Waals surface area (Å²) in [5.74, 6) is -0.384. The molecule has 5 rings (SSSR count). The highest BCUT2D eigenvalue weighted by atomic mass is 19.3. The Hall–Kier alpha value is -2.73. The molecule has 0 radical (unpaired) electrons. The molecular weight excluding hydrogens is 388 g/mol. The van der Waals surface area contributed by atoms with Crippen molar-refractivity contribution in [2.24, 2.45) is 0 Å². The maximum Gasteiger partial charge on any atom is 0.327 e. The SMILES string of the molecule is C[N+]1(C)C2C=C[C@@H]1CC(OC(=O)C1(C(F)F)c3ccccc3Oc3ccccc31)C2. The Morgan fingerprint density at radius 2 is 1.50 bits per heavy atom. The molecule has 0 saturated carbocycles. The van der Waals surface area contributed by atoms with E-state index in [2.05, 4.69) is 26.2 Å². The van der Waals surface area contributed by atoms with Gasteiger partial charge < -0.3 is 14.0 Å². The summed E-state index contributed by atoms with van der Waals surface area (Å²) in [5.41, 5.74) is -1.91. The highest BCUT2D eigenvalue weighted by Gasteiger charge is 2.58. The van der Waals surface area contributed by atoms with Gasteiger partial charge in [0.25, 0.3) is 6.43 Å². The van der Waals surface area contributed by atoms with Crippen molar-refractivity contribution in [1.29, 1.82) is 0 Å². The minimum atomic E-state index is -2.98. The number of hydrogen-bond donors (Lipinski definition) is 0. The topological polar surface area (TPSA) is 35.5 Å². The van der Waals surface area contributed by atoms with Gasteiger partial charge in [-0.3, -0.25) is 4.79 Å². The number of esters is 1. The number of piperidine rings is 1. The van der Waals surface area contributed by atoms with Crippen LogP contribution >= 0.6 is 0 Å². The maximum atomic E-state index is 14.9. The fraction of sp³-hybridized carbons (Fsp3) is 0.375. The van der Waals surface area contributed by atoms with Crippen LogP contribution in [0, 0.1) is 0 Å². The Labute approximate surface area is 174 Å². The van der Waals surface area contributed by atoms with Crippen molar-refractivity contribution in [2.75, 3.05) is 14.1 Å². The van der Waals surface area contributed by atoms with Gasteiger partial charge >= 0.3 is 5.97 Å². The molecule has 0 aromatic heterocycles. The molecule has 156 valence electrons. The van der Waals surface area contributed by atoms with Gasteiger partial charge in [-0.05, 0) is 24.3 Å². The molecule has 3 atom stereocenters. The number of likely N-dealkylation sites (N-methyl/N-ethyl adjacent to an activating group) is 1. The Morgan fingerprint density at radius 3 is 2.00 bits per heavy atom. The summed E-state index contributed by atoms with van der Waals surface area (Å²) in [5, 5.41) is 0. The number of fused-ring (bicyclic) bond motifs is 4. The summed E-state index contributed by atoms with van der Waals surface area (Å²) in [6.07, 6.45) is 2.18. The first-order valence-corrected chi connectivity index (χ1v) is 10.2. The number of ether oxygens (including phenoxy) is 2. The molecule has 2 unspecified atom stereocenters. The number of benzene rings is 2. The molecule has 3 aliphatic heterocycles. The van der Waals surface area contributed by atoms with Crippen molar-refractivity contribution in [1.82, 2.24) is 0 Å². The predicted octanol–water partition coefficient (Wildman–Crippen LogP) is 4.43. The molecule has 0 spiro atoms. The number of halogens is 2. The Morgan fingerprint density at radius 1 is 1.00 bits per heavy atom. The normalized spacial score (nSPS) is 27.2. The zero-order valence-corrected chi connectivity index (χ0v) is 16.9. The molecule has 3 aliphatic rings. The molecule has 3 heterocycles. The van der Waals surface area contributed by atoms with Crippen LogP contribution in [0.25, 0.3) is 0 Å². The summed E-state index contributed by atoms with van der Waals surface area (Å²) in [7, 11) is 4.30. The smallest absolute Gasteiger partial charge is 0.327 e. The second-order valence-electron chi connectivity index (χ2n) is 8.85. The van der Waals surface area contributed by atoms with Crippen LogP contribution in [-0.2, 0) is 14.9 Å². The molecule has 2 bridgehead atoms. The molecule has 1 fully saturated rings. The highest BCUT2D eigenvalue weighted by Crippen LogP contribution is 2.52. The summed E-state index contributed by atoms with van der Waals surface area (Å²) in [6, 6.07) is 13.4. The Bertz CT molecular complexity index is 969. The quantitative estimate of drug-likeness (QED) is 0.425. The van der Waals surface area contributed by atoms with Gasteiger partial charge in [-0.2, -0.15) is 0 Å². The number of carbonyl (C=O) groups is 1. The number of carbonyl (C=O) groups excluding carboxylic acids is 1. The number of quaternary nitrogens is 1. The molecule has 4 nitrogen and oxygen atoms in total. The van der Waals surface area contributed by atoms with E-state index in [1.54, 1.807) is 36.4 Å². The van der Waals surface area contributed by atoms with Crippen LogP contribution < -0.4 is 4.74 Å². The molecule has 0 aliphatic carbocycles. The average Bonchev–Trinajstić information content (AvgIpc) is 2.88. The second kappa shape index (κ2) is 6.64. The van der Waals surface area contributed by atoms with Crippen molar-refractivity contribution >= 4 is 5.97 Å². The standard InChI is InChI=1S/C24H24F2NO3/c1-27(2)15-11-12-16(27)14-17(13-15)29-23(28)24(22(25)26)18-7-3-5-9-20(18)30-21-10-6-4-8-19(21)24/h3-12,15-17,22H,13-14H2,1-2H3/q+1/t15-,16?,17?/m1/s1. The zero-order valence-electron chi connectivity index (χ0n) is 16.9. The lowest BCUT2D eigenvalue weighted by atomic mass is 9.72. The van der Waals surface area contributed by atoms with Crippen LogP contribution in [-0.4, -0.2) is 49.2 Å². The molecule has 0 N–H and O–H groups in total. The Kier molecular flexibility index (Phi) is 4.26. The van der Waals surface area contributed by atoms with Gasteiger partial charge in [0.1, 0.15) is 29.7 Å². The lowest BCUT2D eigenvalue weighted by molar-refractivity contribution is -0.926. The summed E-state index contributed by atoms with van der Waals surface area (Å²) in [6.45, 7) is 0. The van der Waals surface area contributed by atoms with E-state index in [9.17, 15) is 13.6 Å². The fourth-order valence-corrected chi connectivity index (χ4v) is 5.19. The second-order valence-corrected chi connectivity index (χ2v) is 8.85. The van der Waals surface area contributed by atoms with Gasteiger partial charge in [0.2, 0.25) is 0 Å². The van der Waals surface area contributed by atoms with E-state index < -0.39 is 23.9 Å². The minimum Gasteiger partial charge on any atom is -0.461 e. The number of alkyl halides is 2. The van der Waals surface area contributed by atoms with Crippen molar-refractivity contribution in [3.63, 3.8) is 0 Å². The van der Waals surface area contributed by atoms with Gasteiger partial charge in [-0.1, -0.05) is 36.4 Å². The molecule has 6 heteroatoms. The van der Waals surface area contributed by atoms with Crippen LogP contribution in [0.4, 0.5) is 8.78 Å². The molecule has 2 aromatic carbocycles. The molecule has 2 aromatic rings. The summed E-state index contributed by atoms with van der Waals surface area (Å²) < 4.78 is 42.2. The summed E-state index contributed by atoms with van der Waals surface area (Å²) in [4.78, 5) is 13.6. The molecule has 0 amide bonds. The first kappa shape index (κ1) is 19.2. The third-order valence-corrected chi connectivity index (χ3v) is 7.04. The van der Waals surface area contributed by atoms with Crippen molar-refractivity contribution in [3.05, 3.63) is 71.8 Å². The molecular formula is C24H24F2NO3+. The predicted molar refractivity (Wildman–Crippen MR) is 108 cm³/mol. The monoisotopic (exact) mass is 412 g/mol. The number of nitrogens with zero attached hydrogens (tertiary/aromatic N) is 1. The zero-order chi connectivity index (χ0) is 21.1. The first-order chi connectivity index (χ1) is 14.3. The van der Waals surface area contributed by atoms with Gasteiger partial charge in [-0.25, -0.2) is 8.78 Å². The van der Waals surface area contributed by atoms with Crippen molar-refractivity contribution < 1.29 is 27.5 Å². The maximum absolute atomic E-state index is 14.9. The molecule has 1 saturated heterocycles. The minimum absolute atomic E-state index is 0.150. The van der Waals surface area contributed by atoms with E-state index in [4.69, 9.17) is 9.47 Å². The molecule has 30 heavy (non-hydrogen) atoms. The van der Waals surface area contributed by atoms with Gasteiger partial charge in [0.15, 0.2) is 5.41 Å². The number of para-hydroxylation sites is 2. The van der Waals surface area contributed by atoms with Crippen LogP contribution in [0.15, 0.2) is 60.7 Å². The lowest BCUT2D eigenvalue weighted by Gasteiger charge is -2.45. The largest absolute Gasteiger partial charge is 0.461 e. The van der Waals surface area contributed by atoms with Crippen LogP contribution in [0.1, 0.15) is 24.0 Å². The van der Waals surface area contributed by atoms with E-state index in [1.165, 1.54) is 12.1 Å². The highest BCUT2D eigenvalue weighted by molar-refractivity contribution is 5.91. The average molecular weight is 412 g/mol. The first-order valence-electron chi connectivity index (χ1n) is 10.2.